The Morgan fingerprint density at radius 1 is 1.35 bits per heavy atom. The first kappa shape index (κ1) is 15.3. The van der Waals surface area contributed by atoms with E-state index in [9.17, 15) is 0 Å². The van der Waals surface area contributed by atoms with Crippen molar-refractivity contribution in [3.8, 4) is 0 Å². The van der Waals surface area contributed by atoms with Crippen molar-refractivity contribution in [2.24, 2.45) is 0 Å². The summed E-state index contributed by atoms with van der Waals surface area (Å²) in [5.74, 6) is 0. The Bertz CT molecular complexity index is 534. The van der Waals surface area contributed by atoms with Gasteiger partial charge in [0.1, 0.15) is 5.01 Å². The van der Waals surface area contributed by atoms with Crippen LogP contribution in [0.3, 0.4) is 0 Å². The molecule has 0 aromatic carbocycles. The number of hydrogen-bond donors (Lipinski definition) is 1. The predicted molar refractivity (Wildman–Crippen MR) is 86.3 cm³/mol. The average Bonchev–Trinajstić information content (AvgIpc) is 2.99. The Hall–Kier alpha value is -1.13. The van der Waals surface area contributed by atoms with Crippen LogP contribution in [0.1, 0.15) is 50.5 Å². The second-order valence-electron chi connectivity index (χ2n) is 6.18. The molecular weight excluding hydrogens is 266 g/mol. The van der Waals surface area contributed by atoms with E-state index < -0.39 is 0 Å². The molecular formula is C16H25N3S. The van der Waals surface area contributed by atoms with E-state index >= 15 is 0 Å². The van der Waals surface area contributed by atoms with Crippen molar-refractivity contribution < 1.29 is 0 Å². The fourth-order valence-electron chi connectivity index (χ4n) is 2.03. The standard InChI is InChI=1S/C16H25N3S/c1-5-8-17-10-13-7-6-9-19(13)11-15-18-14(12-20-15)16(2,3)4/h6-7,9,12,17H,5,8,10-11H2,1-4H3. The van der Waals surface area contributed by atoms with Crippen molar-refractivity contribution in [3.05, 3.63) is 40.1 Å². The van der Waals surface area contributed by atoms with Gasteiger partial charge in [0.15, 0.2) is 0 Å². The van der Waals surface area contributed by atoms with Crippen molar-refractivity contribution in [1.82, 2.24) is 14.9 Å². The summed E-state index contributed by atoms with van der Waals surface area (Å²) < 4.78 is 2.29. The van der Waals surface area contributed by atoms with Gasteiger partial charge in [-0.05, 0) is 25.1 Å². The number of rotatable bonds is 6. The highest BCUT2D eigenvalue weighted by atomic mass is 32.1. The number of nitrogens with one attached hydrogen (secondary N) is 1. The van der Waals surface area contributed by atoms with Crippen LogP contribution in [0.25, 0.3) is 0 Å². The zero-order valence-electron chi connectivity index (χ0n) is 12.9. The summed E-state index contributed by atoms with van der Waals surface area (Å²) in [5, 5.41) is 6.83. The van der Waals surface area contributed by atoms with Gasteiger partial charge < -0.3 is 9.88 Å². The minimum absolute atomic E-state index is 0.136. The van der Waals surface area contributed by atoms with Gasteiger partial charge >= 0.3 is 0 Å². The molecule has 0 radical (unpaired) electrons. The van der Waals surface area contributed by atoms with Gasteiger partial charge in [0.05, 0.1) is 12.2 Å². The highest BCUT2D eigenvalue weighted by molar-refractivity contribution is 7.09. The largest absolute Gasteiger partial charge is 0.343 e. The van der Waals surface area contributed by atoms with Gasteiger partial charge in [0.2, 0.25) is 0 Å². The van der Waals surface area contributed by atoms with Gasteiger partial charge in [-0.15, -0.1) is 11.3 Å². The quantitative estimate of drug-likeness (QED) is 0.821. The van der Waals surface area contributed by atoms with E-state index in [-0.39, 0.29) is 5.41 Å². The number of nitrogens with zero attached hydrogens (tertiary/aromatic N) is 2. The van der Waals surface area contributed by atoms with E-state index in [0.717, 1.165) is 19.6 Å². The summed E-state index contributed by atoms with van der Waals surface area (Å²) in [7, 11) is 0. The van der Waals surface area contributed by atoms with Crippen LogP contribution in [0.4, 0.5) is 0 Å². The minimum Gasteiger partial charge on any atom is -0.343 e. The fraction of sp³-hybridized carbons (Fsp3) is 0.562. The Balaban J connectivity index is 2.03. The van der Waals surface area contributed by atoms with Gasteiger partial charge in [-0.2, -0.15) is 0 Å². The summed E-state index contributed by atoms with van der Waals surface area (Å²) in [5.41, 5.74) is 2.65. The molecule has 0 amide bonds. The van der Waals surface area contributed by atoms with Crippen LogP contribution in [0.15, 0.2) is 23.7 Å². The third-order valence-electron chi connectivity index (χ3n) is 3.28. The van der Waals surface area contributed by atoms with Crippen molar-refractivity contribution in [2.75, 3.05) is 6.54 Å². The molecule has 2 heterocycles. The van der Waals surface area contributed by atoms with E-state index in [0.29, 0.717) is 0 Å². The molecule has 0 aliphatic rings. The Kier molecular flexibility index (Phi) is 5.00. The van der Waals surface area contributed by atoms with Crippen LogP contribution >= 0.6 is 11.3 Å². The Morgan fingerprint density at radius 3 is 2.80 bits per heavy atom. The normalized spacial score (nSPS) is 12.0. The number of hydrogen-bond acceptors (Lipinski definition) is 3. The zero-order valence-corrected chi connectivity index (χ0v) is 13.8. The second kappa shape index (κ2) is 6.55. The molecule has 0 saturated heterocycles. The van der Waals surface area contributed by atoms with Crippen LogP contribution in [-0.4, -0.2) is 16.1 Å². The van der Waals surface area contributed by atoms with Crippen LogP contribution in [0.2, 0.25) is 0 Å². The third-order valence-corrected chi connectivity index (χ3v) is 4.12. The number of aromatic nitrogens is 2. The first-order chi connectivity index (χ1) is 9.50. The van der Waals surface area contributed by atoms with Crippen molar-refractivity contribution >= 4 is 11.3 Å². The molecule has 2 aromatic heterocycles. The lowest BCUT2D eigenvalue weighted by atomic mass is 9.93. The molecule has 110 valence electrons. The van der Waals surface area contributed by atoms with E-state index in [4.69, 9.17) is 4.98 Å². The molecule has 0 aliphatic heterocycles. The highest BCUT2D eigenvalue weighted by Crippen LogP contribution is 2.24. The van der Waals surface area contributed by atoms with E-state index in [1.807, 2.05) is 0 Å². The summed E-state index contributed by atoms with van der Waals surface area (Å²) in [6.45, 7) is 11.7. The maximum absolute atomic E-state index is 4.77. The minimum atomic E-state index is 0.136. The second-order valence-corrected chi connectivity index (χ2v) is 7.12. The smallest absolute Gasteiger partial charge is 0.113 e. The third kappa shape index (κ3) is 3.93. The lowest BCUT2D eigenvalue weighted by Gasteiger charge is -2.14. The molecule has 0 aliphatic carbocycles. The van der Waals surface area contributed by atoms with E-state index in [1.54, 1.807) is 11.3 Å². The molecule has 0 fully saturated rings. The molecule has 0 saturated carbocycles. The molecule has 0 unspecified atom stereocenters. The zero-order chi connectivity index (χ0) is 14.6. The van der Waals surface area contributed by atoms with Crippen LogP contribution in [0, 0.1) is 0 Å². The lowest BCUT2D eigenvalue weighted by Crippen LogP contribution is -2.17. The highest BCUT2D eigenvalue weighted by Gasteiger charge is 2.17. The van der Waals surface area contributed by atoms with Crippen molar-refractivity contribution in [2.45, 2.75) is 52.6 Å². The summed E-state index contributed by atoms with van der Waals surface area (Å²) >= 11 is 1.76. The first-order valence-electron chi connectivity index (χ1n) is 7.30. The molecule has 0 bridgehead atoms. The van der Waals surface area contributed by atoms with Crippen molar-refractivity contribution in [1.29, 1.82) is 0 Å². The maximum Gasteiger partial charge on any atom is 0.113 e. The topological polar surface area (TPSA) is 29.9 Å². The SMILES string of the molecule is CCCNCc1cccn1Cc1nc(C(C)(C)C)cs1. The molecule has 4 heteroatoms. The summed E-state index contributed by atoms with van der Waals surface area (Å²) in [4.78, 5) is 4.77. The fourth-order valence-corrected chi connectivity index (χ4v) is 3.05. The van der Waals surface area contributed by atoms with E-state index in [1.165, 1.54) is 22.8 Å². The van der Waals surface area contributed by atoms with Crippen LogP contribution in [-0.2, 0) is 18.5 Å². The first-order valence-corrected chi connectivity index (χ1v) is 8.18. The van der Waals surface area contributed by atoms with Gasteiger partial charge in [0, 0.05) is 29.2 Å². The average molecular weight is 291 g/mol. The Labute approximate surface area is 126 Å². The monoisotopic (exact) mass is 291 g/mol. The molecule has 3 nitrogen and oxygen atoms in total. The van der Waals surface area contributed by atoms with Gasteiger partial charge in [0.25, 0.3) is 0 Å². The lowest BCUT2D eigenvalue weighted by molar-refractivity contribution is 0.568. The molecule has 0 spiro atoms. The van der Waals surface area contributed by atoms with Crippen LogP contribution < -0.4 is 5.32 Å². The summed E-state index contributed by atoms with van der Waals surface area (Å²) in [6, 6.07) is 4.29. The summed E-state index contributed by atoms with van der Waals surface area (Å²) in [6.07, 6.45) is 3.31. The Morgan fingerprint density at radius 2 is 2.15 bits per heavy atom. The molecule has 0 atom stereocenters. The van der Waals surface area contributed by atoms with Gasteiger partial charge in [-0.25, -0.2) is 4.98 Å². The molecule has 20 heavy (non-hydrogen) atoms. The van der Waals surface area contributed by atoms with Crippen LogP contribution in [0.5, 0.6) is 0 Å². The van der Waals surface area contributed by atoms with Gasteiger partial charge in [-0.3, -0.25) is 0 Å². The maximum atomic E-state index is 4.77. The predicted octanol–water partition coefficient (Wildman–Crippen LogP) is 3.79. The van der Waals surface area contributed by atoms with Gasteiger partial charge in [-0.1, -0.05) is 27.7 Å². The van der Waals surface area contributed by atoms with Crippen molar-refractivity contribution in [3.63, 3.8) is 0 Å². The molecule has 2 rings (SSSR count). The van der Waals surface area contributed by atoms with E-state index in [2.05, 4.69) is 61.3 Å². The molecule has 2 aromatic rings. The number of thiazole rings is 1. The molecule has 1 N–H and O–H groups in total.